The van der Waals surface area contributed by atoms with Crippen LogP contribution in [0.2, 0.25) is 0 Å². The average molecular weight is 344 g/mol. The lowest BCUT2D eigenvalue weighted by Gasteiger charge is -2.08. The molecule has 0 aromatic heterocycles. The summed E-state index contributed by atoms with van der Waals surface area (Å²) in [6.45, 7) is 1.45. The molecule has 2 N–H and O–H groups in total. The molecule has 0 radical (unpaired) electrons. The van der Waals surface area contributed by atoms with E-state index in [2.05, 4.69) is 10.6 Å². The molecule has 0 unspecified atom stereocenters. The van der Waals surface area contributed by atoms with E-state index in [0.29, 0.717) is 17.1 Å². The van der Waals surface area contributed by atoms with Gasteiger partial charge in [0.05, 0.1) is 12.9 Å². The Morgan fingerprint density at radius 1 is 1.04 bits per heavy atom. The Hall–Kier alpha value is -2.47. The van der Waals surface area contributed by atoms with Crippen LogP contribution in [0.25, 0.3) is 0 Å². The standard InChI is InChI=1S/C18H20N2O3S/c1-13(21)19-15-4-3-5-16(10-15)20-18(22)12-24-11-14-6-8-17(23-2)9-7-14/h3-10H,11-12H2,1-2H3,(H,19,21)(H,20,22). The number of thioether (sulfide) groups is 1. The lowest BCUT2D eigenvalue weighted by molar-refractivity contribution is -0.114. The molecule has 0 heterocycles. The van der Waals surface area contributed by atoms with Crippen LogP contribution >= 0.6 is 11.8 Å². The highest BCUT2D eigenvalue weighted by Gasteiger charge is 2.04. The summed E-state index contributed by atoms with van der Waals surface area (Å²) >= 11 is 1.54. The van der Waals surface area contributed by atoms with Crippen LogP contribution in [0.4, 0.5) is 11.4 Å². The van der Waals surface area contributed by atoms with Gasteiger partial charge in [-0.3, -0.25) is 9.59 Å². The molecule has 2 aromatic carbocycles. The van der Waals surface area contributed by atoms with Crippen LogP contribution in [0.3, 0.4) is 0 Å². The molecule has 0 aliphatic carbocycles. The van der Waals surface area contributed by atoms with E-state index in [4.69, 9.17) is 4.74 Å². The minimum absolute atomic E-state index is 0.0755. The number of rotatable bonds is 7. The number of methoxy groups -OCH3 is 1. The smallest absolute Gasteiger partial charge is 0.234 e. The predicted molar refractivity (Wildman–Crippen MR) is 98.5 cm³/mol. The van der Waals surface area contributed by atoms with Gasteiger partial charge in [-0.15, -0.1) is 11.8 Å². The SMILES string of the molecule is COc1ccc(CSCC(=O)Nc2cccc(NC(C)=O)c2)cc1. The summed E-state index contributed by atoms with van der Waals surface area (Å²) < 4.78 is 5.11. The van der Waals surface area contributed by atoms with E-state index in [0.717, 1.165) is 17.1 Å². The van der Waals surface area contributed by atoms with E-state index in [-0.39, 0.29) is 11.8 Å². The molecule has 2 amide bonds. The molecule has 0 atom stereocenters. The van der Waals surface area contributed by atoms with Gasteiger partial charge in [-0.1, -0.05) is 18.2 Å². The van der Waals surface area contributed by atoms with Crippen LogP contribution in [0.15, 0.2) is 48.5 Å². The predicted octanol–water partition coefficient (Wildman–Crippen LogP) is 3.53. The summed E-state index contributed by atoms with van der Waals surface area (Å²) in [4.78, 5) is 23.1. The molecular weight excluding hydrogens is 324 g/mol. The van der Waals surface area contributed by atoms with Crippen LogP contribution in [0, 0.1) is 0 Å². The summed E-state index contributed by atoms with van der Waals surface area (Å²) in [6, 6.07) is 14.9. The van der Waals surface area contributed by atoms with Crippen molar-refractivity contribution in [3.63, 3.8) is 0 Å². The van der Waals surface area contributed by atoms with Crippen LogP contribution < -0.4 is 15.4 Å². The summed E-state index contributed by atoms with van der Waals surface area (Å²) in [7, 11) is 1.63. The first kappa shape index (κ1) is 17.9. The van der Waals surface area contributed by atoms with Gasteiger partial charge >= 0.3 is 0 Å². The molecule has 6 heteroatoms. The van der Waals surface area contributed by atoms with E-state index < -0.39 is 0 Å². The minimum atomic E-state index is -0.145. The van der Waals surface area contributed by atoms with Crippen molar-refractivity contribution < 1.29 is 14.3 Å². The topological polar surface area (TPSA) is 67.4 Å². The number of carbonyl (C=O) groups is 2. The van der Waals surface area contributed by atoms with Gasteiger partial charge in [0.1, 0.15) is 5.75 Å². The number of carbonyl (C=O) groups excluding carboxylic acids is 2. The first-order chi connectivity index (χ1) is 11.6. The van der Waals surface area contributed by atoms with Gasteiger partial charge in [0, 0.05) is 24.1 Å². The number of benzene rings is 2. The van der Waals surface area contributed by atoms with Crippen LogP contribution in [0.5, 0.6) is 5.75 Å². The number of ether oxygens (including phenoxy) is 1. The van der Waals surface area contributed by atoms with E-state index in [9.17, 15) is 9.59 Å². The van der Waals surface area contributed by atoms with Gasteiger partial charge < -0.3 is 15.4 Å². The van der Waals surface area contributed by atoms with E-state index >= 15 is 0 Å². The third kappa shape index (κ3) is 5.96. The Kier molecular flexibility index (Phi) is 6.69. The molecule has 24 heavy (non-hydrogen) atoms. The Labute approximate surface area is 145 Å². The number of anilines is 2. The summed E-state index contributed by atoms with van der Waals surface area (Å²) in [5, 5.41) is 5.52. The van der Waals surface area contributed by atoms with Gasteiger partial charge in [-0.05, 0) is 35.9 Å². The second kappa shape index (κ2) is 8.98. The van der Waals surface area contributed by atoms with E-state index in [1.54, 1.807) is 31.4 Å². The largest absolute Gasteiger partial charge is 0.497 e. The van der Waals surface area contributed by atoms with Crippen molar-refractivity contribution in [2.45, 2.75) is 12.7 Å². The molecule has 0 fully saturated rings. The zero-order valence-electron chi connectivity index (χ0n) is 13.7. The Morgan fingerprint density at radius 2 is 1.71 bits per heavy atom. The molecule has 0 spiro atoms. The van der Waals surface area contributed by atoms with Gasteiger partial charge in [0.25, 0.3) is 0 Å². The van der Waals surface area contributed by atoms with Gasteiger partial charge in [0.2, 0.25) is 11.8 Å². The fourth-order valence-corrected chi connectivity index (χ4v) is 2.85. The third-order valence-corrected chi connectivity index (χ3v) is 4.13. The van der Waals surface area contributed by atoms with Crippen molar-refractivity contribution in [3.05, 3.63) is 54.1 Å². The molecule has 0 saturated heterocycles. The fraction of sp³-hybridized carbons (Fsp3) is 0.222. The normalized spacial score (nSPS) is 10.1. The zero-order chi connectivity index (χ0) is 17.4. The Bertz CT molecular complexity index is 702. The minimum Gasteiger partial charge on any atom is -0.497 e. The molecule has 5 nitrogen and oxygen atoms in total. The van der Waals surface area contributed by atoms with Crippen LogP contribution in [0.1, 0.15) is 12.5 Å². The van der Waals surface area contributed by atoms with Crippen molar-refractivity contribution in [1.29, 1.82) is 0 Å². The molecular formula is C18H20N2O3S. The molecule has 0 bridgehead atoms. The highest BCUT2D eigenvalue weighted by Crippen LogP contribution is 2.18. The Balaban J connectivity index is 1.79. The van der Waals surface area contributed by atoms with Crippen molar-refractivity contribution in [3.8, 4) is 5.75 Å². The molecule has 0 saturated carbocycles. The maximum atomic E-state index is 12.0. The zero-order valence-corrected chi connectivity index (χ0v) is 14.5. The monoisotopic (exact) mass is 344 g/mol. The number of amides is 2. The van der Waals surface area contributed by atoms with Crippen molar-refractivity contribution in [2.24, 2.45) is 0 Å². The van der Waals surface area contributed by atoms with Crippen molar-refractivity contribution >= 4 is 35.0 Å². The van der Waals surface area contributed by atoms with Crippen molar-refractivity contribution in [2.75, 3.05) is 23.5 Å². The second-order valence-corrected chi connectivity index (χ2v) is 6.14. The van der Waals surface area contributed by atoms with Gasteiger partial charge in [-0.2, -0.15) is 0 Å². The molecule has 0 aliphatic rings. The summed E-state index contributed by atoms with van der Waals surface area (Å²) in [5.41, 5.74) is 2.46. The maximum Gasteiger partial charge on any atom is 0.234 e. The maximum absolute atomic E-state index is 12.0. The quantitative estimate of drug-likeness (QED) is 0.806. The molecule has 0 aliphatic heterocycles. The average Bonchev–Trinajstić information content (AvgIpc) is 2.55. The lowest BCUT2D eigenvalue weighted by atomic mass is 10.2. The Morgan fingerprint density at radius 3 is 2.33 bits per heavy atom. The summed E-state index contributed by atoms with van der Waals surface area (Å²) in [5.74, 6) is 1.71. The summed E-state index contributed by atoms with van der Waals surface area (Å²) in [6.07, 6.45) is 0. The highest BCUT2D eigenvalue weighted by atomic mass is 32.2. The highest BCUT2D eigenvalue weighted by molar-refractivity contribution is 7.99. The van der Waals surface area contributed by atoms with Crippen molar-refractivity contribution in [1.82, 2.24) is 0 Å². The number of hydrogen-bond acceptors (Lipinski definition) is 4. The first-order valence-electron chi connectivity index (χ1n) is 7.45. The second-order valence-electron chi connectivity index (χ2n) is 5.15. The first-order valence-corrected chi connectivity index (χ1v) is 8.60. The fourth-order valence-electron chi connectivity index (χ4n) is 2.06. The van der Waals surface area contributed by atoms with E-state index in [1.807, 2.05) is 24.3 Å². The van der Waals surface area contributed by atoms with Crippen LogP contribution in [-0.2, 0) is 15.3 Å². The molecule has 126 valence electrons. The molecule has 2 aromatic rings. The van der Waals surface area contributed by atoms with E-state index in [1.165, 1.54) is 18.7 Å². The van der Waals surface area contributed by atoms with Gasteiger partial charge in [0.15, 0.2) is 0 Å². The number of nitrogens with one attached hydrogen (secondary N) is 2. The third-order valence-electron chi connectivity index (χ3n) is 3.13. The number of hydrogen-bond donors (Lipinski definition) is 2. The molecule has 2 rings (SSSR count). The lowest BCUT2D eigenvalue weighted by Crippen LogP contribution is -2.14. The van der Waals surface area contributed by atoms with Crippen LogP contribution in [-0.4, -0.2) is 24.7 Å². The van der Waals surface area contributed by atoms with Gasteiger partial charge in [-0.25, -0.2) is 0 Å².